The lowest BCUT2D eigenvalue weighted by Gasteiger charge is -2.51. The molecule has 6 heteroatoms. The third kappa shape index (κ3) is 4.91. The van der Waals surface area contributed by atoms with Crippen molar-refractivity contribution in [3.63, 3.8) is 0 Å². The molecule has 3 aliphatic carbocycles. The summed E-state index contributed by atoms with van der Waals surface area (Å²) in [6, 6.07) is 21.6. The van der Waals surface area contributed by atoms with E-state index in [0.717, 1.165) is 18.6 Å². The molecule has 2 saturated carbocycles. The molecule has 3 aliphatic rings. The molecule has 6 nitrogen and oxygen atoms in total. The monoisotopic (exact) mass is 537 g/mol. The molecule has 0 aromatic heterocycles. The fourth-order valence-corrected chi connectivity index (χ4v) is 7.93. The van der Waals surface area contributed by atoms with Crippen LogP contribution >= 0.6 is 0 Å². The van der Waals surface area contributed by atoms with Gasteiger partial charge in [0.25, 0.3) is 5.69 Å². The summed E-state index contributed by atoms with van der Waals surface area (Å²) >= 11 is 0. The normalized spacial score (nSPS) is 26.6. The first-order valence-electron chi connectivity index (χ1n) is 14.3. The average Bonchev–Trinajstić information content (AvgIpc) is 3.29. The molecule has 0 spiro atoms. The molecule has 0 heterocycles. The number of esters is 1. The summed E-state index contributed by atoms with van der Waals surface area (Å²) in [6.45, 7) is 6.69. The molecule has 0 aliphatic heterocycles. The number of fused-ring (bicyclic) bond motifs is 5. The van der Waals surface area contributed by atoms with E-state index in [1.807, 2.05) is 24.3 Å². The van der Waals surface area contributed by atoms with E-state index in [2.05, 4.69) is 25.6 Å². The molecular formula is C34H35NO5. The Hall–Kier alpha value is -3.93. The number of carbonyl (C=O) groups excluding carboxylic acids is 1. The fourth-order valence-electron chi connectivity index (χ4n) is 7.93. The molecule has 0 bridgehead atoms. The minimum atomic E-state index is -0.405. The van der Waals surface area contributed by atoms with Crippen molar-refractivity contribution in [1.82, 2.24) is 0 Å². The Morgan fingerprint density at radius 3 is 2.48 bits per heavy atom. The number of ether oxygens (including phenoxy) is 2. The van der Waals surface area contributed by atoms with E-state index in [1.54, 1.807) is 24.3 Å². The Morgan fingerprint density at radius 2 is 1.73 bits per heavy atom. The van der Waals surface area contributed by atoms with E-state index in [-0.39, 0.29) is 17.1 Å². The van der Waals surface area contributed by atoms with Crippen molar-refractivity contribution in [2.75, 3.05) is 0 Å². The third-order valence-corrected chi connectivity index (χ3v) is 9.90. The molecule has 0 radical (unpaired) electrons. The minimum Gasteiger partial charge on any atom is -0.462 e. The molecular weight excluding hydrogens is 502 g/mol. The molecule has 40 heavy (non-hydrogen) atoms. The maximum absolute atomic E-state index is 12.6. The Balaban J connectivity index is 1.11. The third-order valence-electron chi connectivity index (χ3n) is 9.90. The number of non-ortho nitro benzene ring substituents is 1. The molecule has 3 aromatic carbocycles. The van der Waals surface area contributed by atoms with Crippen LogP contribution in [-0.2, 0) is 6.42 Å². The van der Waals surface area contributed by atoms with Crippen molar-refractivity contribution >= 4 is 11.7 Å². The molecule has 5 atom stereocenters. The first-order valence-corrected chi connectivity index (χ1v) is 14.3. The second-order valence-corrected chi connectivity index (χ2v) is 11.9. The molecule has 0 amide bonds. The summed E-state index contributed by atoms with van der Waals surface area (Å²) in [5.41, 5.74) is 3.63. The largest absolute Gasteiger partial charge is 0.462 e. The van der Waals surface area contributed by atoms with Crippen LogP contribution in [0.15, 0.2) is 85.1 Å². The number of nitrogens with zero attached hydrogens (tertiary/aromatic N) is 1. The highest BCUT2D eigenvalue weighted by Gasteiger charge is 2.54. The van der Waals surface area contributed by atoms with Gasteiger partial charge in [-0.05, 0) is 115 Å². The number of benzene rings is 3. The van der Waals surface area contributed by atoms with Crippen LogP contribution in [0.5, 0.6) is 11.5 Å². The molecule has 206 valence electrons. The van der Waals surface area contributed by atoms with E-state index in [1.165, 1.54) is 55.4 Å². The second-order valence-electron chi connectivity index (χ2n) is 11.9. The zero-order valence-electron chi connectivity index (χ0n) is 22.9. The second kappa shape index (κ2) is 10.6. The zero-order valence-corrected chi connectivity index (χ0v) is 22.9. The van der Waals surface area contributed by atoms with Gasteiger partial charge in [-0.2, -0.15) is 0 Å². The molecule has 6 rings (SSSR count). The van der Waals surface area contributed by atoms with Crippen LogP contribution in [-0.4, -0.2) is 10.9 Å². The highest BCUT2D eigenvalue weighted by molar-refractivity contribution is 5.91. The maximum atomic E-state index is 12.6. The van der Waals surface area contributed by atoms with Crippen molar-refractivity contribution in [1.29, 1.82) is 0 Å². The topological polar surface area (TPSA) is 78.7 Å². The van der Waals surface area contributed by atoms with Crippen LogP contribution in [0.2, 0.25) is 0 Å². The van der Waals surface area contributed by atoms with Crippen LogP contribution < -0.4 is 9.47 Å². The van der Waals surface area contributed by atoms with E-state index in [9.17, 15) is 14.9 Å². The van der Waals surface area contributed by atoms with Gasteiger partial charge in [-0.15, -0.1) is 0 Å². The standard InChI is InChI=1S/C34H35NO5/c1-22(39-27-12-10-26(11-13-27)35(37)38)20-25-9-17-32-31-15-8-24-21-28(40-33(36)23-6-4-3-5-7-23)14-16-29(24)30(31)18-19-34(25,32)2/h3-7,10-14,16,21,25,30-32H,1,8-9,15,17-20H2,2H3. The Bertz CT molecular complexity index is 1430. The van der Waals surface area contributed by atoms with Gasteiger partial charge in [-0.3, -0.25) is 10.1 Å². The van der Waals surface area contributed by atoms with Gasteiger partial charge in [0.2, 0.25) is 0 Å². The fraction of sp³-hybridized carbons (Fsp3) is 0.382. The van der Waals surface area contributed by atoms with Gasteiger partial charge >= 0.3 is 5.97 Å². The highest BCUT2D eigenvalue weighted by atomic mass is 16.6. The van der Waals surface area contributed by atoms with Gasteiger partial charge in [0.1, 0.15) is 11.5 Å². The number of hydrogen-bond donors (Lipinski definition) is 0. The van der Waals surface area contributed by atoms with Crippen molar-refractivity contribution < 1.29 is 19.2 Å². The number of nitro benzene ring substituents is 1. The number of hydrogen-bond acceptors (Lipinski definition) is 5. The lowest BCUT2D eigenvalue weighted by Crippen LogP contribution is -2.42. The summed E-state index contributed by atoms with van der Waals surface area (Å²) in [4.78, 5) is 23.1. The van der Waals surface area contributed by atoms with Crippen LogP contribution in [0.4, 0.5) is 5.69 Å². The average molecular weight is 538 g/mol. The van der Waals surface area contributed by atoms with Gasteiger partial charge in [0, 0.05) is 18.6 Å². The summed E-state index contributed by atoms with van der Waals surface area (Å²) < 4.78 is 11.7. The number of carbonyl (C=O) groups is 1. The molecule has 2 fully saturated rings. The highest BCUT2D eigenvalue weighted by Crippen LogP contribution is 2.64. The summed E-state index contributed by atoms with van der Waals surface area (Å²) in [5.74, 6) is 4.04. The Labute approximate surface area is 235 Å². The Kier molecular flexibility index (Phi) is 6.95. The summed E-state index contributed by atoms with van der Waals surface area (Å²) in [7, 11) is 0. The van der Waals surface area contributed by atoms with Gasteiger partial charge in [-0.1, -0.05) is 37.8 Å². The summed E-state index contributed by atoms with van der Waals surface area (Å²) in [6.07, 6.45) is 7.75. The van der Waals surface area contributed by atoms with E-state index in [4.69, 9.17) is 9.47 Å². The Morgan fingerprint density at radius 1 is 0.975 bits per heavy atom. The van der Waals surface area contributed by atoms with Crippen LogP contribution in [0.3, 0.4) is 0 Å². The maximum Gasteiger partial charge on any atom is 0.343 e. The van der Waals surface area contributed by atoms with E-state index in [0.29, 0.717) is 40.7 Å². The molecule has 0 N–H and O–H groups in total. The first-order chi connectivity index (χ1) is 19.3. The van der Waals surface area contributed by atoms with Crippen molar-refractivity contribution in [2.45, 2.75) is 57.8 Å². The quantitative estimate of drug-likeness (QED) is 0.0996. The van der Waals surface area contributed by atoms with Crippen molar-refractivity contribution in [2.24, 2.45) is 23.2 Å². The smallest absolute Gasteiger partial charge is 0.343 e. The summed E-state index contributed by atoms with van der Waals surface area (Å²) in [5, 5.41) is 10.9. The molecule has 5 unspecified atom stereocenters. The SMILES string of the molecule is C=C(CC1CCC2C3CCc4cc(OC(=O)c5ccccc5)ccc4C3CCC12C)Oc1ccc([N+](=O)[O-])cc1. The van der Waals surface area contributed by atoms with E-state index < -0.39 is 4.92 Å². The first kappa shape index (κ1) is 26.3. The number of allylic oxidation sites excluding steroid dienone is 1. The van der Waals surface area contributed by atoms with Gasteiger partial charge in [0.15, 0.2) is 0 Å². The number of rotatable bonds is 7. The number of nitro groups is 1. The predicted molar refractivity (Wildman–Crippen MR) is 153 cm³/mol. The minimum absolute atomic E-state index is 0.0550. The number of aryl methyl sites for hydroxylation is 1. The van der Waals surface area contributed by atoms with Gasteiger partial charge < -0.3 is 9.47 Å². The van der Waals surface area contributed by atoms with Gasteiger partial charge in [-0.25, -0.2) is 4.79 Å². The van der Waals surface area contributed by atoms with Crippen molar-refractivity contribution in [3.05, 3.63) is 112 Å². The lowest BCUT2D eigenvalue weighted by molar-refractivity contribution is -0.384. The van der Waals surface area contributed by atoms with Crippen molar-refractivity contribution in [3.8, 4) is 11.5 Å². The lowest BCUT2D eigenvalue weighted by atomic mass is 9.54. The zero-order chi connectivity index (χ0) is 27.9. The predicted octanol–water partition coefficient (Wildman–Crippen LogP) is 8.27. The van der Waals surface area contributed by atoms with Crippen LogP contribution in [0.25, 0.3) is 0 Å². The van der Waals surface area contributed by atoms with E-state index >= 15 is 0 Å². The van der Waals surface area contributed by atoms with Gasteiger partial charge in [0.05, 0.1) is 16.2 Å². The molecule has 3 aromatic rings. The van der Waals surface area contributed by atoms with Crippen LogP contribution in [0, 0.1) is 33.3 Å². The van der Waals surface area contributed by atoms with Crippen LogP contribution in [0.1, 0.15) is 72.9 Å². The molecule has 0 saturated heterocycles.